The van der Waals surface area contributed by atoms with Crippen LogP contribution in [-0.2, 0) is 6.54 Å². The van der Waals surface area contributed by atoms with Gasteiger partial charge < -0.3 is 10.2 Å². The molecule has 0 radical (unpaired) electrons. The Morgan fingerprint density at radius 2 is 2.00 bits per heavy atom. The van der Waals surface area contributed by atoms with Crippen molar-refractivity contribution in [3.63, 3.8) is 0 Å². The zero-order chi connectivity index (χ0) is 14.6. The van der Waals surface area contributed by atoms with Gasteiger partial charge in [0.15, 0.2) is 0 Å². The van der Waals surface area contributed by atoms with Crippen molar-refractivity contribution in [1.82, 2.24) is 15.3 Å². The highest BCUT2D eigenvalue weighted by Crippen LogP contribution is 2.21. The lowest BCUT2D eigenvalue weighted by molar-refractivity contribution is 0.421. The Balaban J connectivity index is 2.00. The van der Waals surface area contributed by atoms with Crippen LogP contribution in [-0.4, -0.2) is 28.1 Å². The highest BCUT2D eigenvalue weighted by Gasteiger charge is 2.18. The molecule has 4 nitrogen and oxygen atoms in total. The quantitative estimate of drug-likeness (QED) is 0.921. The minimum Gasteiger partial charge on any atom is -0.353 e. The minimum absolute atomic E-state index is 0.111. The molecule has 0 aliphatic carbocycles. The first-order valence-corrected chi connectivity index (χ1v) is 7.78. The van der Waals surface area contributed by atoms with Gasteiger partial charge in [-0.15, -0.1) is 0 Å². The molecule has 4 heteroatoms. The van der Waals surface area contributed by atoms with Crippen LogP contribution in [0.5, 0.6) is 0 Å². The van der Waals surface area contributed by atoms with Gasteiger partial charge in [-0.05, 0) is 40.5 Å². The van der Waals surface area contributed by atoms with Crippen molar-refractivity contribution in [1.29, 1.82) is 0 Å². The molecule has 112 valence electrons. The third kappa shape index (κ3) is 4.44. The molecule has 1 unspecified atom stereocenters. The van der Waals surface area contributed by atoms with E-state index in [0.717, 1.165) is 24.6 Å². The summed E-state index contributed by atoms with van der Waals surface area (Å²) in [4.78, 5) is 11.6. The summed E-state index contributed by atoms with van der Waals surface area (Å²) in [6, 6.07) is 0.574. The predicted molar refractivity (Wildman–Crippen MR) is 83.9 cm³/mol. The summed E-state index contributed by atoms with van der Waals surface area (Å²) in [5.74, 6) is 1.03. The highest BCUT2D eigenvalue weighted by atomic mass is 15.2. The molecule has 1 saturated heterocycles. The summed E-state index contributed by atoms with van der Waals surface area (Å²) in [5.41, 5.74) is 1.12. The molecule has 1 atom stereocenters. The van der Waals surface area contributed by atoms with Crippen LogP contribution in [0.25, 0.3) is 0 Å². The van der Waals surface area contributed by atoms with Crippen LogP contribution in [0.1, 0.15) is 59.1 Å². The number of nitrogens with one attached hydrogen (secondary N) is 1. The molecule has 1 aromatic heterocycles. The molecule has 1 fully saturated rings. The SMILES string of the molecule is CC1CCCCCN1c1cnc(CNC(C)(C)C)cn1. The van der Waals surface area contributed by atoms with Crippen molar-refractivity contribution < 1.29 is 0 Å². The van der Waals surface area contributed by atoms with Crippen LogP contribution in [0.15, 0.2) is 12.4 Å². The van der Waals surface area contributed by atoms with Gasteiger partial charge in [-0.25, -0.2) is 4.98 Å². The number of nitrogens with zero attached hydrogens (tertiary/aromatic N) is 3. The molecule has 1 aliphatic heterocycles. The Bertz CT molecular complexity index is 407. The third-order valence-electron chi connectivity index (χ3n) is 3.84. The fourth-order valence-corrected chi connectivity index (χ4v) is 2.56. The van der Waals surface area contributed by atoms with E-state index in [4.69, 9.17) is 0 Å². The lowest BCUT2D eigenvalue weighted by Gasteiger charge is -2.28. The van der Waals surface area contributed by atoms with Crippen molar-refractivity contribution in [2.24, 2.45) is 0 Å². The zero-order valence-electron chi connectivity index (χ0n) is 13.3. The van der Waals surface area contributed by atoms with Crippen LogP contribution in [0.4, 0.5) is 5.82 Å². The molecular weight excluding hydrogens is 248 g/mol. The van der Waals surface area contributed by atoms with E-state index >= 15 is 0 Å². The average molecular weight is 276 g/mol. The lowest BCUT2D eigenvalue weighted by atomic mass is 10.1. The van der Waals surface area contributed by atoms with Crippen molar-refractivity contribution in [3.8, 4) is 0 Å². The topological polar surface area (TPSA) is 41.1 Å². The van der Waals surface area contributed by atoms with Gasteiger partial charge in [-0.1, -0.05) is 12.8 Å². The normalized spacial score (nSPS) is 20.8. The van der Waals surface area contributed by atoms with Gasteiger partial charge >= 0.3 is 0 Å². The molecule has 0 amide bonds. The minimum atomic E-state index is 0.111. The van der Waals surface area contributed by atoms with Gasteiger partial charge in [0.2, 0.25) is 0 Å². The van der Waals surface area contributed by atoms with Crippen LogP contribution in [0, 0.1) is 0 Å². The monoisotopic (exact) mass is 276 g/mol. The number of anilines is 1. The molecule has 0 saturated carbocycles. The summed E-state index contributed by atoms with van der Waals surface area (Å²) >= 11 is 0. The maximum absolute atomic E-state index is 4.62. The van der Waals surface area contributed by atoms with Crippen LogP contribution >= 0.6 is 0 Å². The predicted octanol–water partition coefficient (Wildman–Crippen LogP) is 3.13. The van der Waals surface area contributed by atoms with Gasteiger partial charge in [0.25, 0.3) is 0 Å². The molecule has 2 rings (SSSR count). The van der Waals surface area contributed by atoms with E-state index in [1.165, 1.54) is 25.7 Å². The molecule has 1 aliphatic rings. The van der Waals surface area contributed by atoms with E-state index in [9.17, 15) is 0 Å². The fraction of sp³-hybridized carbons (Fsp3) is 0.750. The Labute approximate surface area is 123 Å². The Kier molecular flexibility index (Phi) is 4.97. The summed E-state index contributed by atoms with van der Waals surface area (Å²) in [6.07, 6.45) is 9.03. The van der Waals surface area contributed by atoms with Gasteiger partial charge in [0, 0.05) is 24.7 Å². The summed E-state index contributed by atoms with van der Waals surface area (Å²) < 4.78 is 0. The van der Waals surface area contributed by atoms with E-state index in [2.05, 4.69) is 47.9 Å². The largest absolute Gasteiger partial charge is 0.353 e. The first kappa shape index (κ1) is 15.2. The molecule has 20 heavy (non-hydrogen) atoms. The Morgan fingerprint density at radius 3 is 2.65 bits per heavy atom. The summed E-state index contributed by atoms with van der Waals surface area (Å²) in [5, 5.41) is 3.44. The molecule has 1 aromatic rings. The number of aromatic nitrogens is 2. The van der Waals surface area contributed by atoms with Crippen molar-refractivity contribution in [3.05, 3.63) is 18.1 Å². The Morgan fingerprint density at radius 1 is 1.20 bits per heavy atom. The molecule has 2 heterocycles. The van der Waals surface area contributed by atoms with Crippen molar-refractivity contribution in [2.45, 2.75) is 71.5 Å². The van der Waals surface area contributed by atoms with Crippen LogP contribution < -0.4 is 10.2 Å². The molecule has 0 spiro atoms. The molecular formula is C16H28N4. The maximum atomic E-state index is 4.62. The van der Waals surface area contributed by atoms with E-state index in [-0.39, 0.29) is 5.54 Å². The number of hydrogen-bond acceptors (Lipinski definition) is 4. The second kappa shape index (κ2) is 6.53. The summed E-state index contributed by atoms with van der Waals surface area (Å²) in [6.45, 7) is 10.7. The molecule has 0 bridgehead atoms. The van der Waals surface area contributed by atoms with Gasteiger partial charge in [-0.3, -0.25) is 4.98 Å². The average Bonchev–Trinajstić information content (AvgIpc) is 2.61. The lowest BCUT2D eigenvalue weighted by Crippen LogP contribution is -2.35. The number of hydrogen-bond donors (Lipinski definition) is 1. The summed E-state index contributed by atoms with van der Waals surface area (Å²) in [7, 11) is 0. The molecule has 1 N–H and O–H groups in total. The third-order valence-corrected chi connectivity index (χ3v) is 3.84. The van der Waals surface area contributed by atoms with E-state index in [1.54, 1.807) is 0 Å². The standard InChI is InChI=1S/C16H28N4/c1-13-8-6-5-7-9-20(13)15-12-17-14(10-18-15)11-19-16(2,3)4/h10,12-13,19H,5-9,11H2,1-4H3. The first-order valence-electron chi connectivity index (χ1n) is 7.78. The maximum Gasteiger partial charge on any atom is 0.147 e. The number of rotatable bonds is 3. The fourth-order valence-electron chi connectivity index (χ4n) is 2.56. The second-order valence-corrected chi connectivity index (χ2v) is 6.86. The highest BCUT2D eigenvalue weighted by molar-refractivity contribution is 5.37. The van der Waals surface area contributed by atoms with Crippen LogP contribution in [0.3, 0.4) is 0 Å². The second-order valence-electron chi connectivity index (χ2n) is 6.86. The van der Waals surface area contributed by atoms with Gasteiger partial charge in [-0.2, -0.15) is 0 Å². The first-order chi connectivity index (χ1) is 9.46. The smallest absolute Gasteiger partial charge is 0.147 e. The molecule has 0 aromatic carbocycles. The Hall–Kier alpha value is -1.16. The van der Waals surface area contributed by atoms with E-state index in [0.29, 0.717) is 6.04 Å². The van der Waals surface area contributed by atoms with Crippen molar-refractivity contribution >= 4 is 5.82 Å². The van der Waals surface area contributed by atoms with E-state index in [1.807, 2.05) is 12.4 Å². The van der Waals surface area contributed by atoms with Gasteiger partial charge in [0.05, 0.1) is 18.1 Å². The van der Waals surface area contributed by atoms with Gasteiger partial charge in [0.1, 0.15) is 5.82 Å². The van der Waals surface area contributed by atoms with Crippen LogP contribution in [0.2, 0.25) is 0 Å². The van der Waals surface area contributed by atoms with E-state index < -0.39 is 0 Å². The zero-order valence-corrected chi connectivity index (χ0v) is 13.3. The van der Waals surface area contributed by atoms with Crippen molar-refractivity contribution in [2.75, 3.05) is 11.4 Å².